The predicted molar refractivity (Wildman–Crippen MR) is 79.4 cm³/mol. The van der Waals surface area contributed by atoms with E-state index in [1.807, 2.05) is 44.2 Å². The third kappa shape index (κ3) is 3.19. The third-order valence-corrected chi connectivity index (χ3v) is 3.98. The average molecular weight is 276 g/mol. The Morgan fingerprint density at radius 2 is 2.10 bits per heavy atom. The van der Waals surface area contributed by atoms with Gasteiger partial charge in [0, 0.05) is 12.6 Å². The Hall–Kier alpha value is -1.39. The maximum Gasteiger partial charge on any atom is 0.227 e. The van der Waals surface area contributed by atoms with Crippen molar-refractivity contribution in [1.29, 1.82) is 0 Å². The summed E-state index contributed by atoms with van der Waals surface area (Å²) in [4.78, 5) is 12.5. The first-order chi connectivity index (χ1) is 9.67. The summed E-state index contributed by atoms with van der Waals surface area (Å²) in [6.07, 6.45) is 1.66. The zero-order chi connectivity index (χ0) is 14.5. The molecule has 1 aliphatic rings. The quantitative estimate of drug-likeness (QED) is 0.832. The number of ether oxygens (including phenoxy) is 1. The number of nitrogens with one attached hydrogen (secondary N) is 1. The van der Waals surface area contributed by atoms with Gasteiger partial charge in [-0.1, -0.05) is 37.3 Å². The van der Waals surface area contributed by atoms with E-state index in [2.05, 4.69) is 5.32 Å². The van der Waals surface area contributed by atoms with Crippen LogP contribution in [0, 0.1) is 0 Å². The Labute approximate surface area is 120 Å². The zero-order valence-electron chi connectivity index (χ0n) is 12.2. The fourth-order valence-electron chi connectivity index (χ4n) is 2.75. The van der Waals surface area contributed by atoms with Gasteiger partial charge in [-0.15, -0.1) is 0 Å². The SMILES string of the molecule is CCOC1CC(N)C1NC(=O)C(CC)c1ccccc1. The van der Waals surface area contributed by atoms with Crippen molar-refractivity contribution in [2.45, 2.75) is 50.8 Å². The van der Waals surface area contributed by atoms with Crippen LogP contribution < -0.4 is 11.1 Å². The summed E-state index contributed by atoms with van der Waals surface area (Å²) in [5.41, 5.74) is 7.03. The molecule has 0 aliphatic heterocycles. The summed E-state index contributed by atoms with van der Waals surface area (Å²) >= 11 is 0. The molecule has 0 radical (unpaired) electrons. The lowest BCUT2D eigenvalue weighted by atomic mass is 9.82. The molecule has 4 atom stereocenters. The summed E-state index contributed by atoms with van der Waals surface area (Å²) in [6, 6.07) is 9.82. The summed E-state index contributed by atoms with van der Waals surface area (Å²) in [5.74, 6) is -0.0742. The van der Waals surface area contributed by atoms with Crippen molar-refractivity contribution in [2.75, 3.05) is 6.61 Å². The average Bonchev–Trinajstić information content (AvgIpc) is 2.46. The van der Waals surface area contributed by atoms with Crippen molar-refractivity contribution >= 4 is 5.91 Å². The number of carbonyl (C=O) groups is 1. The molecule has 4 unspecified atom stereocenters. The molecule has 1 saturated carbocycles. The van der Waals surface area contributed by atoms with Gasteiger partial charge in [0.05, 0.1) is 18.1 Å². The van der Waals surface area contributed by atoms with E-state index in [1.54, 1.807) is 0 Å². The van der Waals surface area contributed by atoms with E-state index in [1.165, 1.54) is 0 Å². The second kappa shape index (κ2) is 6.86. The summed E-state index contributed by atoms with van der Waals surface area (Å²) < 4.78 is 5.59. The molecule has 0 aromatic heterocycles. The van der Waals surface area contributed by atoms with Crippen LogP contribution in [-0.4, -0.2) is 30.7 Å². The molecular formula is C16H24N2O2. The predicted octanol–water partition coefficient (Wildman–Crippen LogP) is 1.80. The highest BCUT2D eigenvalue weighted by Gasteiger charge is 2.41. The molecule has 1 aromatic rings. The molecule has 0 spiro atoms. The Bertz CT molecular complexity index is 433. The van der Waals surface area contributed by atoms with Gasteiger partial charge in [-0.3, -0.25) is 4.79 Å². The molecule has 1 aliphatic carbocycles. The molecule has 2 rings (SSSR count). The second-order valence-corrected chi connectivity index (χ2v) is 5.30. The van der Waals surface area contributed by atoms with Gasteiger partial charge in [0.25, 0.3) is 0 Å². The summed E-state index contributed by atoms with van der Waals surface area (Å²) in [6.45, 7) is 4.64. The highest BCUT2D eigenvalue weighted by atomic mass is 16.5. The molecule has 1 aromatic carbocycles. The first kappa shape index (κ1) is 15.0. The van der Waals surface area contributed by atoms with Crippen LogP contribution in [0.1, 0.15) is 38.2 Å². The number of carbonyl (C=O) groups excluding carboxylic acids is 1. The molecule has 1 fully saturated rings. The molecule has 3 N–H and O–H groups in total. The van der Waals surface area contributed by atoms with Crippen LogP contribution in [0.2, 0.25) is 0 Å². The minimum atomic E-state index is -0.119. The van der Waals surface area contributed by atoms with Gasteiger partial charge in [0.1, 0.15) is 0 Å². The van der Waals surface area contributed by atoms with E-state index in [9.17, 15) is 4.79 Å². The maximum absolute atomic E-state index is 12.5. The molecule has 0 bridgehead atoms. The van der Waals surface area contributed by atoms with Gasteiger partial charge in [-0.25, -0.2) is 0 Å². The van der Waals surface area contributed by atoms with Crippen LogP contribution in [0.3, 0.4) is 0 Å². The largest absolute Gasteiger partial charge is 0.376 e. The Morgan fingerprint density at radius 3 is 2.65 bits per heavy atom. The van der Waals surface area contributed by atoms with Crippen molar-refractivity contribution in [2.24, 2.45) is 5.73 Å². The third-order valence-electron chi connectivity index (χ3n) is 3.98. The first-order valence-corrected chi connectivity index (χ1v) is 7.39. The summed E-state index contributed by atoms with van der Waals surface area (Å²) in [5, 5.41) is 3.06. The normalized spacial score (nSPS) is 26.6. The lowest BCUT2D eigenvalue weighted by Gasteiger charge is -2.42. The van der Waals surface area contributed by atoms with Gasteiger partial charge in [0.2, 0.25) is 5.91 Å². The molecule has 20 heavy (non-hydrogen) atoms. The van der Waals surface area contributed by atoms with Gasteiger partial charge in [-0.05, 0) is 25.3 Å². The van der Waals surface area contributed by atoms with E-state index in [0.717, 1.165) is 18.4 Å². The van der Waals surface area contributed by atoms with Gasteiger partial charge >= 0.3 is 0 Å². The van der Waals surface area contributed by atoms with Crippen molar-refractivity contribution < 1.29 is 9.53 Å². The van der Waals surface area contributed by atoms with Crippen molar-refractivity contribution in [3.05, 3.63) is 35.9 Å². The van der Waals surface area contributed by atoms with Crippen LogP contribution in [0.25, 0.3) is 0 Å². The lowest BCUT2D eigenvalue weighted by molar-refractivity contribution is -0.127. The lowest BCUT2D eigenvalue weighted by Crippen LogP contribution is -2.65. The standard InChI is InChI=1S/C16H24N2O2/c1-3-12(11-8-6-5-7-9-11)16(19)18-15-13(17)10-14(15)20-4-2/h5-9,12-15H,3-4,10,17H2,1-2H3,(H,18,19). The van der Waals surface area contributed by atoms with Crippen molar-refractivity contribution in [3.8, 4) is 0 Å². The van der Waals surface area contributed by atoms with Crippen molar-refractivity contribution in [3.63, 3.8) is 0 Å². The van der Waals surface area contributed by atoms with E-state index >= 15 is 0 Å². The number of benzene rings is 1. The van der Waals surface area contributed by atoms with E-state index in [-0.39, 0.29) is 30.0 Å². The maximum atomic E-state index is 12.5. The molecule has 4 nitrogen and oxygen atoms in total. The Kier molecular flexibility index (Phi) is 5.15. The minimum absolute atomic E-state index is 0.00350. The number of rotatable bonds is 6. The van der Waals surface area contributed by atoms with Crippen LogP contribution in [0.5, 0.6) is 0 Å². The van der Waals surface area contributed by atoms with Crippen LogP contribution >= 0.6 is 0 Å². The smallest absolute Gasteiger partial charge is 0.227 e. The van der Waals surface area contributed by atoms with E-state index in [0.29, 0.717) is 6.61 Å². The van der Waals surface area contributed by atoms with E-state index in [4.69, 9.17) is 10.5 Å². The number of hydrogen-bond acceptors (Lipinski definition) is 3. The number of hydrogen-bond donors (Lipinski definition) is 2. The van der Waals surface area contributed by atoms with Gasteiger partial charge in [-0.2, -0.15) is 0 Å². The zero-order valence-corrected chi connectivity index (χ0v) is 12.2. The second-order valence-electron chi connectivity index (χ2n) is 5.30. The molecular weight excluding hydrogens is 252 g/mol. The number of amides is 1. The number of nitrogens with two attached hydrogens (primary N) is 1. The molecule has 0 heterocycles. The topological polar surface area (TPSA) is 64.3 Å². The molecule has 4 heteroatoms. The van der Waals surface area contributed by atoms with Crippen LogP contribution in [0.4, 0.5) is 0 Å². The van der Waals surface area contributed by atoms with Crippen LogP contribution in [0.15, 0.2) is 30.3 Å². The monoisotopic (exact) mass is 276 g/mol. The fraction of sp³-hybridized carbons (Fsp3) is 0.562. The van der Waals surface area contributed by atoms with Gasteiger partial charge < -0.3 is 15.8 Å². The Morgan fingerprint density at radius 1 is 1.40 bits per heavy atom. The highest BCUT2D eigenvalue weighted by Crippen LogP contribution is 2.25. The Balaban J connectivity index is 1.99. The fourth-order valence-corrected chi connectivity index (χ4v) is 2.75. The first-order valence-electron chi connectivity index (χ1n) is 7.39. The van der Waals surface area contributed by atoms with E-state index < -0.39 is 0 Å². The van der Waals surface area contributed by atoms with Crippen molar-refractivity contribution in [1.82, 2.24) is 5.32 Å². The minimum Gasteiger partial charge on any atom is -0.376 e. The summed E-state index contributed by atoms with van der Waals surface area (Å²) in [7, 11) is 0. The molecule has 1 amide bonds. The van der Waals surface area contributed by atoms with Crippen LogP contribution in [-0.2, 0) is 9.53 Å². The highest BCUT2D eigenvalue weighted by molar-refractivity contribution is 5.84. The molecule has 110 valence electrons. The van der Waals surface area contributed by atoms with Gasteiger partial charge in [0.15, 0.2) is 0 Å². The molecule has 0 saturated heterocycles.